The number of hydrogen-bond acceptors (Lipinski definition) is 5. The Balaban J connectivity index is 1.68. The van der Waals surface area contributed by atoms with Crippen molar-refractivity contribution >= 4 is 23.3 Å². The number of nitrogens with one attached hydrogen (secondary N) is 1. The van der Waals surface area contributed by atoms with Gasteiger partial charge in [-0.2, -0.15) is 4.98 Å². The molecular formula is C20H15FN4O3. The zero-order valence-electron chi connectivity index (χ0n) is 14.8. The molecule has 2 aromatic carbocycles. The van der Waals surface area contributed by atoms with Crippen LogP contribution in [0.5, 0.6) is 5.75 Å². The van der Waals surface area contributed by atoms with Gasteiger partial charge in [0.05, 0.1) is 12.7 Å². The van der Waals surface area contributed by atoms with Gasteiger partial charge in [-0.25, -0.2) is 13.7 Å². The molecule has 2 N–H and O–H groups in total. The number of hydrogen-bond donors (Lipinski definition) is 2. The molecule has 28 heavy (non-hydrogen) atoms. The lowest BCUT2D eigenvalue weighted by Gasteiger charge is -2.04. The lowest BCUT2D eigenvalue weighted by molar-refractivity contribution is 0.0692. The van der Waals surface area contributed by atoms with Gasteiger partial charge in [0, 0.05) is 17.4 Å². The van der Waals surface area contributed by atoms with Crippen molar-refractivity contribution in [2.75, 3.05) is 12.4 Å². The fraction of sp³-hybridized carbons (Fsp3) is 0.0500. The Morgan fingerprint density at radius 1 is 1.18 bits per heavy atom. The number of carbonyl (C=O) groups is 1. The van der Waals surface area contributed by atoms with Gasteiger partial charge in [-0.15, -0.1) is 5.10 Å². The molecule has 0 saturated heterocycles. The van der Waals surface area contributed by atoms with Gasteiger partial charge in [0.1, 0.15) is 11.6 Å². The molecule has 0 bridgehead atoms. The van der Waals surface area contributed by atoms with Crippen LogP contribution in [0.2, 0.25) is 0 Å². The first-order valence-corrected chi connectivity index (χ1v) is 8.35. The van der Waals surface area contributed by atoms with E-state index in [-0.39, 0.29) is 5.95 Å². The summed E-state index contributed by atoms with van der Waals surface area (Å²) in [5.74, 6) is -1.13. The molecule has 0 atom stereocenters. The van der Waals surface area contributed by atoms with Crippen molar-refractivity contribution in [3.05, 3.63) is 72.2 Å². The highest BCUT2D eigenvalue weighted by Crippen LogP contribution is 2.27. The number of rotatable bonds is 5. The molecule has 0 amide bonds. The first-order valence-electron chi connectivity index (χ1n) is 8.35. The molecule has 0 aliphatic heterocycles. The summed E-state index contributed by atoms with van der Waals surface area (Å²) < 4.78 is 20.7. The summed E-state index contributed by atoms with van der Waals surface area (Å²) >= 11 is 0. The topological polar surface area (TPSA) is 88.8 Å². The maximum atomic E-state index is 13.9. The average molecular weight is 378 g/mol. The Bertz CT molecular complexity index is 1170. The zero-order chi connectivity index (χ0) is 19.7. The maximum absolute atomic E-state index is 13.9. The quantitative estimate of drug-likeness (QED) is 0.546. The van der Waals surface area contributed by atoms with Crippen LogP contribution in [0.4, 0.5) is 16.0 Å². The van der Waals surface area contributed by atoms with Crippen molar-refractivity contribution in [2.24, 2.45) is 0 Å². The maximum Gasteiger partial charge on any atom is 0.338 e. The largest absolute Gasteiger partial charge is 0.497 e. The summed E-state index contributed by atoms with van der Waals surface area (Å²) in [6.45, 7) is 0. The summed E-state index contributed by atoms with van der Waals surface area (Å²) in [6, 6.07) is 15.1. The fourth-order valence-electron chi connectivity index (χ4n) is 2.85. The SMILES string of the molecule is COc1ccc(-c2cccn3nc(Nc4ccc(C(=O)O)c(F)c4)nc23)cc1. The van der Waals surface area contributed by atoms with E-state index in [0.29, 0.717) is 11.3 Å². The third kappa shape index (κ3) is 3.23. The number of pyridine rings is 1. The van der Waals surface area contributed by atoms with Gasteiger partial charge >= 0.3 is 5.97 Å². The fourth-order valence-corrected chi connectivity index (χ4v) is 2.85. The molecule has 4 aromatic rings. The van der Waals surface area contributed by atoms with E-state index in [1.54, 1.807) is 17.8 Å². The standard InChI is InChI=1S/C20H15FN4O3/c1-28-14-7-4-12(5-8-14)15-3-2-10-25-18(15)23-20(24-25)22-13-6-9-16(19(26)27)17(21)11-13/h2-11H,1H3,(H,22,24)(H,26,27). The molecule has 8 heteroatoms. The van der Waals surface area contributed by atoms with E-state index in [0.717, 1.165) is 22.9 Å². The van der Waals surface area contributed by atoms with Crippen LogP contribution in [-0.4, -0.2) is 32.8 Å². The normalized spacial score (nSPS) is 10.8. The van der Waals surface area contributed by atoms with E-state index in [9.17, 15) is 9.18 Å². The first-order chi connectivity index (χ1) is 13.5. The monoisotopic (exact) mass is 378 g/mol. The predicted molar refractivity (Wildman–Crippen MR) is 102 cm³/mol. The summed E-state index contributed by atoms with van der Waals surface area (Å²) in [5, 5.41) is 16.2. The van der Waals surface area contributed by atoms with Gasteiger partial charge in [-0.3, -0.25) is 0 Å². The minimum Gasteiger partial charge on any atom is -0.497 e. The number of fused-ring (bicyclic) bond motifs is 1. The lowest BCUT2D eigenvalue weighted by Crippen LogP contribution is -2.01. The smallest absolute Gasteiger partial charge is 0.338 e. The summed E-state index contributed by atoms with van der Waals surface area (Å²) in [6.07, 6.45) is 1.76. The molecule has 0 aliphatic carbocycles. The van der Waals surface area contributed by atoms with Gasteiger partial charge in [0.25, 0.3) is 0 Å². The number of methoxy groups -OCH3 is 1. The molecule has 140 valence electrons. The van der Waals surface area contributed by atoms with Crippen molar-refractivity contribution in [1.82, 2.24) is 14.6 Å². The van der Waals surface area contributed by atoms with E-state index in [1.165, 1.54) is 12.1 Å². The average Bonchev–Trinajstić information content (AvgIpc) is 3.10. The lowest BCUT2D eigenvalue weighted by atomic mass is 10.1. The van der Waals surface area contributed by atoms with Gasteiger partial charge in [0.15, 0.2) is 5.65 Å². The molecular weight excluding hydrogens is 363 g/mol. The van der Waals surface area contributed by atoms with E-state index in [2.05, 4.69) is 15.4 Å². The number of nitrogens with zero attached hydrogens (tertiary/aromatic N) is 3. The number of aromatic carboxylic acids is 1. The van der Waals surface area contributed by atoms with Crippen LogP contribution in [-0.2, 0) is 0 Å². The Hall–Kier alpha value is -3.94. The van der Waals surface area contributed by atoms with Crippen molar-refractivity contribution in [3.8, 4) is 16.9 Å². The Labute approximate surface area is 159 Å². The van der Waals surface area contributed by atoms with E-state index in [4.69, 9.17) is 9.84 Å². The Morgan fingerprint density at radius 2 is 1.96 bits per heavy atom. The van der Waals surface area contributed by atoms with Crippen LogP contribution in [0.15, 0.2) is 60.8 Å². The number of halogens is 1. The minimum atomic E-state index is -1.32. The molecule has 7 nitrogen and oxygen atoms in total. The van der Waals surface area contributed by atoms with Crippen molar-refractivity contribution in [3.63, 3.8) is 0 Å². The first kappa shape index (κ1) is 17.5. The summed E-state index contributed by atoms with van der Waals surface area (Å²) in [4.78, 5) is 15.4. The van der Waals surface area contributed by atoms with Crippen LogP contribution < -0.4 is 10.1 Å². The minimum absolute atomic E-state index is 0.267. The Morgan fingerprint density at radius 3 is 2.64 bits per heavy atom. The van der Waals surface area contributed by atoms with Crippen molar-refractivity contribution < 1.29 is 19.0 Å². The van der Waals surface area contributed by atoms with Gasteiger partial charge in [-0.05, 0) is 48.0 Å². The molecule has 0 saturated carbocycles. The second-order valence-corrected chi connectivity index (χ2v) is 5.98. The third-order valence-electron chi connectivity index (χ3n) is 4.22. The molecule has 0 radical (unpaired) electrons. The second kappa shape index (κ2) is 6.99. The summed E-state index contributed by atoms with van der Waals surface area (Å²) in [5.41, 5.74) is 2.40. The Kier molecular flexibility index (Phi) is 4.36. The number of ether oxygens (including phenoxy) is 1. The van der Waals surface area contributed by atoms with E-state index < -0.39 is 17.3 Å². The predicted octanol–water partition coefficient (Wildman–Crippen LogP) is 3.99. The van der Waals surface area contributed by atoms with Gasteiger partial charge in [0.2, 0.25) is 5.95 Å². The molecule has 0 spiro atoms. The molecule has 2 heterocycles. The van der Waals surface area contributed by atoms with Gasteiger partial charge < -0.3 is 15.2 Å². The molecule has 0 unspecified atom stereocenters. The molecule has 2 aromatic heterocycles. The number of benzene rings is 2. The van der Waals surface area contributed by atoms with E-state index >= 15 is 0 Å². The van der Waals surface area contributed by atoms with Crippen molar-refractivity contribution in [1.29, 1.82) is 0 Å². The number of carboxylic acid groups (broad SMARTS) is 1. The van der Waals surface area contributed by atoms with Crippen LogP contribution in [0.1, 0.15) is 10.4 Å². The van der Waals surface area contributed by atoms with Crippen LogP contribution in [0.25, 0.3) is 16.8 Å². The second-order valence-electron chi connectivity index (χ2n) is 5.98. The third-order valence-corrected chi connectivity index (χ3v) is 4.22. The van der Waals surface area contributed by atoms with Gasteiger partial charge in [-0.1, -0.05) is 12.1 Å². The van der Waals surface area contributed by atoms with E-state index in [1.807, 2.05) is 36.4 Å². The molecule has 0 fully saturated rings. The van der Waals surface area contributed by atoms with Crippen molar-refractivity contribution in [2.45, 2.75) is 0 Å². The molecule has 4 rings (SSSR count). The number of anilines is 2. The number of aromatic nitrogens is 3. The number of carboxylic acids is 1. The molecule has 0 aliphatic rings. The van der Waals surface area contributed by atoms with Crippen LogP contribution >= 0.6 is 0 Å². The van der Waals surface area contributed by atoms with Crippen LogP contribution in [0.3, 0.4) is 0 Å². The zero-order valence-corrected chi connectivity index (χ0v) is 14.8. The summed E-state index contributed by atoms with van der Waals surface area (Å²) in [7, 11) is 1.61. The highest BCUT2D eigenvalue weighted by atomic mass is 19.1. The van der Waals surface area contributed by atoms with Crippen LogP contribution in [0, 0.1) is 5.82 Å². The highest BCUT2D eigenvalue weighted by molar-refractivity contribution is 5.88. The highest BCUT2D eigenvalue weighted by Gasteiger charge is 2.13.